The number of imidazole rings is 1. The van der Waals surface area contributed by atoms with Crippen molar-refractivity contribution in [2.24, 2.45) is 13.0 Å². The molecule has 2 aliphatic rings. The summed E-state index contributed by atoms with van der Waals surface area (Å²) in [6, 6.07) is 2.37. The summed E-state index contributed by atoms with van der Waals surface area (Å²) >= 11 is 0. The minimum atomic E-state index is 0.0854. The molecule has 0 radical (unpaired) electrons. The Morgan fingerprint density at radius 3 is 2.85 bits per heavy atom. The van der Waals surface area contributed by atoms with Crippen molar-refractivity contribution in [2.45, 2.75) is 52.2 Å². The highest BCUT2D eigenvalue weighted by molar-refractivity contribution is 5.78. The van der Waals surface area contributed by atoms with Gasteiger partial charge in [0, 0.05) is 39.4 Å². The monoisotopic (exact) mass is 356 g/mol. The Balaban J connectivity index is 1.41. The second-order valence-corrected chi connectivity index (χ2v) is 7.76. The van der Waals surface area contributed by atoms with Crippen LogP contribution in [0.3, 0.4) is 0 Å². The molecule has 4 rings (SSSR count). The summed E-state index contributed by atoms with van der Waals surface area (Å²) in [5, 5.41) is 7.47. The fourth-order valence-electron chi connectivity index (χ4n) is 3.72. The van der Waals surface area contributed by atoms with Crippen molar-refractivity contribution in [3.05, 3.63) is 35.2 Å². The lowest BCUT2D eigenvalue weighted by molar-refractivity contribution is -0.120. The van der Waals surface area contributed by atoms with Crippen molar-refractivity contribution < 1.29 is 4.79 Å². The van der Waals surface area contributed by atoms with Gasteiger partial charge in [-0.15, -0.1) is 0 Å². The molecule has 1 N–H and O–H groups in total. The molecular formula is C19H28N6O. The van der Waals surface area contributed by atoms with Crippen LogP contribution in [-0.2, 0) is 31.4 Å². The van der Waals surface area contributed by atoms with Gasteiger partial charge < -0.3 is 9.88 Å². The van der Waals surface area contributed by atoms with Crippen LogP contribution in [0.5, 0.6) is 0 Å². The molecule has 1 saturated carbocycles. The van der Waals surface area contributed by atoms with Crippen molar-refractivity contribution in [3.8, 4) is 0 Å². The van der Waals surface area contributed by atoms with Crippen LogP contribution in [-0.4, -0.2) is 43.2 Å². The van der Waals surface area contributed by atoms with Gasteiger partial charge in [0.1, 0.15) is 5.82 Å². The third kappa shape index (κ3) is 3.67. The van der Waals surface area contributed by atoms with Crippen LogP contribution in [0.15, 0.2) is 12.3 Å². The first-order valence-corrected chi connectivity index (χ1v) is 9.56. The van der Waals surface area contributed by atoms with E-state index in [9.17, 15) is 4.79 Å². The van der Waals surface area contributed by atoms with E-state index in [1.165, 1.54) is 18.5 Å². The molecule has 140 valence electrons. The highest BCUT2D eigenvalue weighted by atomic mass is 16.1. The zero-order chi connectivity index (χ0) is 18.3. The normalized spacial score (nSPS) is 20.2. The van der Waals surface area contributed by atoms with Gasteiger partial charge in [-0.3, -0.25) is 14.4 Å². The average Bonchev–Trinajstić information content (AvgIpc) is 3.25. The molecule has 0 bridgehead atoms. The Bertz CT molecular complexity index is 803. The summed E-state index contributed by atoms with van der Waals surface area (Å²) in [7, 11) is 2.00. The summed E-state index contributed by atoms with van der Waals surface area (Å²) in [4.78, 5) is 19.3. The van der Waals surface area contributed by atoms with E-state index in [4.69, 9.17) is 4.98 Å². The second kappa shape index (κ2) is 6.87. The Labute approximate surface area is 154 Å². The number of nitrogens with zero attached hydrogens (tertiary/aromatic N) is 5. The fraction of sp³-hybridized carbons (Fsp3) is 0.632. The number of hydrogen-bond acceptors (Lipinski definition) is 4. The van der Waals surface area contributed by atoms with Crippen LogP contribution in [0.25, 0.3) is 0 Å². The van der Waals surface area contributed by atoms with E-state index in [0.29, 0.717) is 12.3 Å². The van der Waals surface area contributed by atoms with E-state index in [2.05, 4.69) is 32.9 Å². The van der Waals surface area contributed by atoms with Gasteiger partial charge in [-0.2, -0.15) is 5.10 Å². The summed E-state index contributed by atoms with van der Waals surface area (Å²) in [5.74, 6) is 1.85. The summed E-state index contributed by atoms with van der Waals surface area (Å²) in [5.41, 5.74) is 3.14. The molecule has 0 spiro atoms. The Kier molecular flexibility index (Phi) is 4.56. The SMILES string of the molecule is Cc1cc(CN2CCn3cc(CC(=O)NCC4CC4)nc3[C@H]2C)n(C)n1. The van der Waals surface area contributed by atoms with E-state index in [1.54, 1.807) is 0 Å². The predicted molar refractivity (Wildman–Crippen MR) is 98.4 cm³/mol. The minimum Gasteiger partial charge on any atom is -0.355 e. The van der Waals surface area contributed by atoms with Gasteiger partial charge in [0.15, 0.2) is 0 Å². The number of aromatic nitrogens is 4. The zero-order valence-electron chi connectivity index (χ0n) is 15.9. The van der Waals surface area contributed by atoms with Gasteiger partial charge in [-0.25, -0.2) is 4.98 Å². The highest BCUT2D eigenvalue weighted by Crippen LogP contribution is 2.28. The molecule has 2 aromatic heterocycles. The molecule has 0 saturated heterocycles. The fourth-order valence-corrected chi connectivity index (χ4v) is 3.72. The lowest BCUT2D eigenvalue weighted by Gasteiger charge is -2.33. The number of carbonyl (C=O) groups excluding carboxylic acids is 1. The van der Waals surface area contributed by atoms with E-state index >= 15 is 0 Å². The lowest BCUT2D eigenvalue weighted by Crippen LogP contribution is -2.36. The number of amides is 1. The third-order valence-electron chi connectivity index (χ3n) is 5.50. The molecule has 7 nitrogen and oxygen atoms in total. The lowest BCUT2D eigenvalue weighted by atomic mass is 10.2. The van der Waals surface area contributed by atoms with E-state index in [-0.39, 0.29) is 11.9 Å². The van der Waals surface area contributed by atoms with Crippen molar-refractivity contribution in [1.82, 2.24) is 29.5 Å². The highest BCUT2D eigenvalue weighted by Gasteiger charge is 2.27. The largest absolute Gasteiger partial charge is 0.355 e. The van der Waals surface area contributed by atoms with Crippen LogP contribution in [0, 0.1) is 12.8 Å². The molecule has 26 heavy (non-hydrogen) atoms. The van der Waals surface area contributed by atoms with Crippen molar-refractivity contribution >= 4 is 5.91 Å². The molecule has 1 amide bonds. The molecule has 1 aliphatic heterocycles. The first kappa shape index (κ1) is 17.3. The zero-order valence-corrected chi connectivity index (χ0v) is 15.9. The van der Waals surface area contributed by atoms with Crippen LogP contribution in [0.4, 0.5) is 0 Å². The van der Waals surface area contributed by atoms with Gasteiger partial charge in [-0.05, 0) is 38.7 Å². The summed E-state index contributed by atoms with van der Waals surface area (Å²) in [6.07, 6.45) is 4.93. The third-order valence-corrected chi connectivity index (χ3v) is 5.50. The van der Waals surface area contributed by atoms with Crippen LogP contribution < -0.4 is 5.32 Å². The molecule has 2 aromatic rings. The van der Waals surface area contributed by atoms with Crippen LogP contribution >= 0.6 is 0 Å². The van der Waals surface area contributed by atoms with Gasteiger partial charge in [0.2, 0.25) is 5.91 Å². The van der Waals surface area contributed by atoms with Crippen molar-refractivity contribution in [3.63, 3.8) is 0 Å². The van der Waals surface area contributed by atoms with Gasteiger partial charge in [0.05, 0.1) is 29.5 Å². The molecule has 0 unspecified atom stereocenters. The first-order chi connectivity index (χ1) is 12.5. The Morgan fingerprint density at radius 2 is 2.15 bits per heavy atom. The Morgan fingerprint density at radius 1 is 1.35 bits per heavy atom. The Hall–Kier alpha value is -2.15. The maximum absolute atomic E-state index is 12.1. The number of nitrogens with one attached hydrogen (secondary N) is 1. The second-order valence-electron chi connectivity index (χ2n) is 7.76. The topological polar surface area (TPSA) is 68.0 Å². The van der Waals surface area contributed by atoms with E-state index in [0.717, 1.165) is 43.4 Å². The van der Waals surface area contributed by atoms with E-state index < -0.39 is 0 Å². The van der Waals surface area contributed by atoms with Gasteiger partial charge in [0.25, 0.3) is 0 Å². The molecule has 0 aromatic carbocycles. The first-order valence-electron chi connectivity index (χ1n) is 9.56. The molecule has 1 aliphatic carbocycles. The summed E-state index contributed by atoms with van der Waals surface area (Å²) < 4.78 is 4.16. The quantitative estimate of drug-likeness (QED) is 0.853. The smallest absolute Gasteiger partial charge is 0.226 e. The van der Waals surface area contributed by atoms with Crippen molar-refractivity contribution in [2.75, 3.05) is 13.1 Å². The van der Waals surface area contributed by atoms with E-state index in [1.807, 2.05) is 24.9 Å². The minimum absolute atomic E-state index is 0.0854. The number of fused-ring (bicyclic) bond motifs is 1. The molecule has 3 heterocycles. The molecule has 7 heteroatoms. The maximum Gasteiger partial charge on any atom is 0.226 e. The van der Waals surface area contributed by atoms with Gasteiger partial charge in [-0.1, -0.05) is 0 Å². The number of hydrogen-bond donors (Lipinski definition) is 1. The molecule has 1 fully saturated rings. The number of carbonyl (C=O) groups is 1. The standard InChI is InChI=1S/C19H28N6O/c1-13-8-17(23(3)22-13)12-24-6-7-25-11-16(21-19(25)14(24)2)9-18(26)20-10-15-4-5-15/h8,11,14-15H,4-7,9-10,12H2,1-3H3,(H,20,26)/t14-/m1/s1. The van der Waals surface area contributed by atoms with Crippen molar-refractivity contribution in [1.29, 1.82) is 0 Å². The van der Waals surface area contributed by atoms with Gasteiger partial charge >= 0.3 is 0 Å². The average molecular weight is 356 g/mol. The van der Waals surface area contributed by atoms with Crippen LogP contribution in [0.2, 0.25) is 0 Å². The van der Waals surface area contributed by atoms with Crippen LogP contribution in [0.1, 0.15) is 48.7 Å². The number of aryl methyl sites for hydroxylation is 2. The number of rotatable bonds is 6. The summed E-state index contributed by atoms with van der Waals surface area (Å²) in [6.45, 7) is 7.78. The predicted octanol–water partition coefficient (Wildman–Crippen LogP) is 1.57. The maximum atomic E-state index is 12.1. The molecule has 1 atom stereocenters. The molecular weight excluding hydrogens is 328 g/mol.